The SMILES string of the molecule is O=C(Nc1cc(Cl)ccc1O)c1ccc(OS(=O)(=O)c2cccc([N+](=O)[O-])c2)cc1. The summed E-state index contributed by atoms with van der Waals surface area (Å²) in [5, 5.41) is 23.4. The Hall–Kier alpha value is -3.63. The summed E-state index contributed by atoms with van der Waals surface area (Å²) in [4.78, 5) is 22.0. The largest absolute Gasteiger partial charge is 0.506 e. The zero-order chi connectivity index (χ0) is 21.9. The average molecular weight is 449 g/mol. The summed E-state index contributed by atoms with van der Waals surface area (Å²) < 4.78 is 29.7. The van der Waals surface area contributed by atoms with E-state index in [2.05, 4.69) is 5.32 Å². The van der Waals surface area contributed by atoms with Gasteiger partial charge in [-0.05, 0) is 48.5 Å². The molecule has 0 saturated carbocycles. The molecule has 3 rings (SSSR count). The van der Waals surface area contributed by atoms with Crippen LogP contribution in [0.15, 0.2) is 71.6 Å². The standard InChI is InChI=1S/C19H13ClN2O7S/c20-13-6-9-18(23)17(10-13)21-19(24)12-4-7-15(8-5-12)29-30(27,28)16-3-1-2-14(11-16)22(25)26/h1-11,23H,(H,21,24). The number of phenols is 1. The minimum absolute atomic E-state index is 0.0938. The van der Waals surface area contributed by atoms with Crippen LogP contribution in [0, 0.1) is 10.1 Å². The number of aromatic hydroxyl groups is 1. The van der Waals surface area contributed by atoms with Crippen molar-refractivity contribution in [2.45, 2.75) is 4.90 Å². The molecule has 0 aliphatic heterocycles. The number of nitrogens with one attached hydrogen (secondary N) is 1. The molecule has 30 heavy (non-hydrogen) atoms. The number of rotatable bonds is 6. The average Bonchev–Trinajstić information content (AvgIpc) is 2.71. The van der Waals surface area contributed by atoms with Gasteiger partial charge in [-0.15, -0.1) is 0 Å². The van der Waals surface area contributed by atoms with Gasteiger partial charge < -0.3 is 14.6 Å². The molecule has 0 radical (unpaired) electrons. The molecule has 3 aromatic rings. The van der Waals surface area contributed by atoms with Gasteiger partial charge in [-0.3, -0.25) is 14.9 Å². The van der Waals surface area contributed by atoms with Crippen LogP contribution in [0.2, 0.25) is 5.02 Å². The molecule has 0 saturated heterocycles. The molecule has 0 spiro atoms. The Kier molecular flexibility index (Phi) is 5.90. The summed E-state index contributed by atoms with van der Waals surface area (Å²) >= 11 is 5.83. The number of amides is 1. The van der Waals surface area contributed by atoms with Crippen molar-refractivity contribution >= 4 is 39.0 Å². The molecule has 3 aromatic carbocycles. The predicted octanol–water partition coefficient (Wildman–Crippen LogP) is 3.97. The smallest absolute Gasteiger partial charge is 0.339 e. The van der Waals surface area contributed by atoms with Crippen molar-refractivity contribution in [2.24, 2.45) is 0 Å². The van der Waals surface area contributed by atoms with Crippen molar-refractivity contribution in [3.63, 3.8) is 0 Å². The number of nitro benzene ring substituents is 1. The highest BCUT2D eigenvalue weighted by molar-refractivity contribution is 7.87. The lowest BCUT2D eigenvalue weighted by Crippen LogP contribution is -2.13. The number of nitrogens with zero attached hydrogens (tertiary/aromatic N) is 1. The van der Waals surface area contributed by atoms with Gasteiger partial charge in [-0.2, -0.15) is 8.42 Å². The monoisotopic (exact) mass is 448 g/mol. The van der Waals surface area contributed by atoms with Crippen molar-refractivity contribution in [3.8, 4) is 11.5 Å². The maximum absolute atomic E-state index is 12.3. The predicted molar refractivity (Wildman–Crippen MR) is 108 cm³/mol. The number of anilines is 1. The zero-order valence-electron chi connectivity index (χ0n) is 15.0. The fraction of sp³-hybridized carbons (Fsp3) is 0. The van der Waals surface area contributed by atoms with E-state index in [1.165, 1.54) is 54.6 Å². The highest BCUT2D eigenvalue weighted by Crippen LogP contribution is 2.27. The number of carbonyl (C=O) groups is 1. The minimum atomic E-state index is -4.31. The number of benzene rings is 3. The van der Waals surface area contributed by atoms with Crippen molar-refractivity contribution < 1.29 is 27.4 Å². The fourth-order valence-corrected chi connectivity index (χ4v) is 3.54. The number of non-ortho nitro benzene ring substituents is 1. The van der Waals surface area contributed by atoms with Gasteiger partial charge in [0.15, 0.2) is 0 Å². The van der Waals surface area contributed by atoms with E-state index in [9.17, 15) is 28.4 Å². The molecule has 0 heterocycles. The van der Waals surface area contributed by atoms with E-state index in [0.717, 1.165) is 12.1 Å². The van der Waals surface area contributed by atoms with Gasteiger partial charge in [0.2, 0.25) is 0 Å². The highest BCUT2D eigenvalue weighted by atomic mass is 35.5. The van der Waals surface area contributed by atoms with E-state index in [1.54, 1.807) is 0 Å². The third-order valence-electron chi connectivity index (χ3n) is 3.85. The summed E-state index contributed by atoms with van der Waals surface area (Å²) in [5.41, 5.74) is -0.119. The van der Waals surface area contributed by atoms with E-state index in [0.29, 0.717) is 5.02 Å². The molecule has 0 aromatic heterocycles. The number of nitro groups is 1. The van der Waals surface area contributed by atoms with Gasteiger partial charge >= 0.3 is 10.1 Å². The van der Waals surface area contributed by atoms with Crippen LogP contribution in [0.1, 0.15) is 10.4 Å². The Morgan fingerprint density at radius 1 is 1.07 bits per heavy atom. The van der Waals surface area contributed by atoms with E-state index in [4.69, 9.17) is 15.8 Å². The highest BCUT2D eigenvalue weighted by Gasteiger charge is 2.20. The van der Waals surface area contributed by atoms with E-state index < -0.39 is 26.6 Å². The van der Waals surface area contributed by atoms with Gasteiger partial charge in [0, 0.05) is 22.7 Å². The molecular weight excluding hydrogens is 436 g/mol. The molecule has 0 fully saturated rings. The van der Waals surface area contributed by atoms with Crippen LogP contribution in [0.3, 0.4) is 0 Å². The molecule has 0 aliphatic carbocycles. The summed E-state index contributed by atoms with van der Waals surface area (Å²) in [6.45, 7) is 0. The third-order valence-corrected chi connectivity index (χ3v) is 5.32. The fourth-order valence-electron chi connectivity index (χ4n) is 2.39. The van der Waals surface area contributed by atoms with Crippen molar-refractivity contribution in [3.05, 3.63) is 87.4 Å². The summed E-state index contributed by atoms with van der Waals surface area (Å²) in [5.74, 6) is -0.833. The maximum Gasteiger partial charge on any atom is 0.339 e. The lowest BCUT2D eigenvalue weighted by Gasteiger charge is -2.09. The van der Waals surface area contributed by atoms with Crippen LogP contribution in [-0.4, -0.2) is 24.4 Å². The second-order valence-corrected chi connectivity index (χ2v) is 7.91. The van der Waals surface area contributed by atoms with Crippen LogP contribution < -0.4 is 9.50 Å². The van der Waals surface area contributed by atoms with Gasteiger partial charge in [0.1, 0.15) is 16.4 Å². The molecule has 0 bridgehead atoms. The van der Waals surface area contributed by atoms with E-state index in [-0.39, 0.29) is 27.6 Å². The van der Waals surface area contributed by atoms with E-state index in [1.807, 2.05) is 0 Å². The Morgan fingerprint density at radius 3 is 2.43 bits per heavy atom. The van der Waals surface area contributed by atoms with E-state index >= 15 is 0 Å². The number of hydrogen-bond donors (Lipinski definition) is 2. The molecule has 154 valence electrons. The third kappa shape index (κ3) is 4.85. The van der Waals surface area contributed by atoms with Crippen molar-refractivity contribution in [2.75, 3.05) is 5.32 Å². The summed E-state index contributed by atoms with van der Waals surface area (Å²) in [6, 6.07) is 13.7. The molecule has 1 amide bonds. The Labute approximate surface area is 175 Å². The summed E-state index contributed by atoms with van der Waals surface area (Å²) in [6.07, 6.45) is 0. The van der Waals surface area contributed by atoms with Crippen LogP contribution in [0.25, 0.3) is 0 Å². The quantitative estimate of drug-likeness (QED) is 0.252. The first-order valence-electron chi connectivity index (χ1n) is 8.24. The van der Waals surface area contributed by atoms with Crippen LogP contribution in [0.4, 0.5) is 11.4 Å². The van der Waals surface area contributed by atoms with Gasteiger partial charge in [0.25, 0.3) is 11.6 Å². The maximum atomic E-state index is 12.3. The molecule has 2 N–H and O–H groups in total. The normalized spacial score (nSPS) is 11.0. The number of halogens is 1. The second-order valence-electron chi connectivity index (χ2n) is 5.93. The Bertz CT molecular complexity index is 1230. The van der Waals surface area contributed by atoms with Crippen molar-refractivity contribution in [1.29, 1.82) is 0 Å². The van der Waals surface area contributed by atoms with Crippen molar-refractivity contribution in [1.82, 2.24) is 0 Å². The lowest BCUT2D eigenvalue weighted by atomic mass is 10.2. The molecule has 0 atom stereocenters. The number of phenolic OH excluding ortho intramolecular Hbond substituents is 1. The lowest BCUT2D eigenvalue weighted by molar-refractivity contribution is -0.385. The number of hydrogen-bond acceptors (Lipinski definition) is 7. The van der Waals surface area contributed by atoms with Crippen LogP contribution in [-0.2, 0) is 10.1 Å². The molecule has 0 aliphatic rings. The first-order valence-corrected chi connectivity index (χ1v) is 10.0. The van der Waals surface area contributed by atoms with Gasteiger partial charge in [0.05, 0.1) is 10.6 Å². The summed E-state index contributed by atoms with van der Waals surface area (Å²) in [7, 11) is -4.31. The molecule has 0 unspecified atom stereocenters. The van der Waals surface area contributed by atoms with Gasteiger partial charge in [-0.1, -0.05) is 17.7 Å². The first-order chi connectivity index (χ1) is 14.2. The Balaban J connectivity index is 1.75. The van der Waals surface area contributed by atoms with Gasteiger partial charge in [-0.25, -0.2) is 0 Å². The van der Waals surface area contributed by atoms with Crippen LogP contribution >= 0.6 is 11.6 Å². The number of carbonyl (C=O) groups excluding carboxylic acids is 1. The minimum Gasteiger partial charge on any atom is -0.506 e. The zero-order valence-corrected chi connectivity index (χ0v) is 16.6. The molecule has 9 nitrogen and oxygen atoms in total. The topological polar surface area (TPSA) is 136 Å². The molecular formula is C19H13ClN2O7S. The van der Waals surface area contributed by atoms with Crippen LogP contribution in [0.5, 0.6) is 11.5 Å². The Morgan fingerprint density at radius 2 is 1.77 bits per heavy atom. The first kappa shape index (κ1) is 21.1. The molecule has 11 heteroatoms. The second kappa shape index (κ2) is 8.39.